The number of thiocyanates is 1. The van der Waals surface area contributed by atoms with Gasteiger partial charge in [0.1, 0.15) is 5.40 Å². The minimum Gasteiger partial charge on any atom is -0.185 e. The minimum absolute atomic E-state index is 0.815. The average Bonchev–Trinajstić information content (AvgIpc) is 2.62. The summed E-state index contributed by atoms with van der Waals surface area (Å²) in [6.07, 6.45) is 6.04. The van der Waals surface area contributed by atoms with E-state index in [9.17, 15) is 0 Å². The summed E-state index contributed by atoms with van der Waals surface area (Å²) < 4.78 is 0. The van der Waals surface area contributed by atoms with Gasteiger partial charge < -0.3 is 0 Å². The lowest BCUT2D eigenvalue weighted by Crippen LogP contribution is -2.00. The number of hydrogen-bond acceptors (Lipinski definition) is 2. The summed E-state index contributed by atoms with van der Waals surface area (Å²) in [5.41, 5.74) is 5.94. The van der Waals surface area contributed by atoms with Gasteiger partial charge in [0, 0.05) is 16.0 Å². The Hall–Kier alpha value is -2.42. The molecule has 1 aliphatic rings. The maximum Gasteiger partial charge on any atom is 0.138 e. The Balaban J connectivity index is 1.75. The van der Waals surface area contributed by atoms with Crippen LogP contribution in [0.25, 0.3) is 5.57 Å². The van der Waals surface area contributed by atoms with Crippen LogP contribution in [0, 0.1) is 35.3 Å². The number of nitrogens with zero attached hydrogens (tertiary/aromatic N) is 1. The quantitative estimate of drug-likeness (QED) is 0.370. The van der Waals surface area contributed by atoms with Crippen LogP contribution < -0.4 is 0 Å². The molecule has 1 atom stereocenters. The second-order valence-electron chi connectivity index (χ2n) is 6.61. The molecular formula is C23H21NS. The first-order chi connectivity index (χ1) is 12.2. The van der Waals surface area contributed by atoms with Crippen LogP contribution in [0.15, 0.2) is 53.4 Å². The predicted octanol–water partition coefficient (Wildman–Crippen LogP) is 6.17. The van der Waals surface area contributed by atoms with E-state index in [4.69, 9.17) is 5.26 Å². The Morgan fingerprint density at radius 1 is 1.08 bits per heavy atom. The summed E-state index contributed by atoms with van der Waals surface area (Å²) in [5, 5.41) is 10.8. The van der Waals surface area contributed by atoms with Crippen molar-refractivity contribution in [2.45, 2.75) is 38.0 Å². The Labute approximate surface area is 154 Å². The number of hydrogen-bond donors (Lipinski definition) is 0. The van der Waals surface area contributed by atoms with E-state index >= 15 is 0 Å². The van der Waals surface area contributed by atoms with Crippen molar-refractivity contribution >= 4 is 17.3 Å². The number of allylic oxidation sites excluding steroid dienone is 2. The van der Waals surface area contributed by atoms with E-state index in [1.54, 1.807) is 0 Å². The second kappa shape index (κ2) is 8.11. The molecule has 0 fully saturated rings. The summed E-state index contributed by atoms with van der Waals surface area (Å²) in [6.45, 7) is 4.35. The van der Waals surface area contributed by atoms with Crippen LogP contribution in [0.5, 0.6) is 0 Å². The van der Waals surface area contributed by atoms with Crippen molar-refractivity contribution in [1.29, 1.82) is 5.26 Å². The van der Waals surface area contributed by atoms with Gasteiger partial charge in [-0.25, -0.2) is 0 Å². The summed E-state index contributed by atoms with van der Waals surface area (Å²) >= 11 is 1.18. The van der Waals surface area contributed by atoms with Crippen LogP contribution in [0.4, 0.5) is 0 Å². The molecule has 0 N–H and O–H groups in total. The highest BCUT2D eigenvalue weighted by Gasteiger charge is 2.11. The fourth-order valence-corrected chi connectivity index (χ4v) is 3.50. The SMILES string of the molecule is Cc1cc(SC#N)ccc1C#Cc1ccc(C2=CCC(C)CC2)cc1. The lowest BCUT2D eigenvalue weighted by molar-refractivity contribution is 0.534. The second-order valence-corrected chi connectivity index (χ2v) is 7.46. The molecule has 1 nitrogen and oxygen atoms in total. The number of rotatable bonds is 2. The molecule has 124 valence electrons. The fourth-order valence-electron chi connectivity index (χ4n) is 3.03. The smallest absolute Gasteiger partial charge is 0.138 e. The molecule has 2 aromatic carbocycles. The van der Waals surface area contributed by atoms with E-state index in [0.29, 0.717) is 0 Å². The average molecular weight is 343 g/mol. The Morgan fingerprint density at radius 2 is 1.88 bits per heavy atom. The van der Waals surface area contributed by atoms with Gasteiger partial charge in [-0.05, 0) is 90.9 Å². The topological polar surface area (TPSA) is 23.8 Å². The molecule has 0 spiro atoms. The molecule has 0 aliphatic heterocycles. The molecule has 2 heteroatoms. The van der Waals surface area contributed by atoms with Crippen LogP contribution in [-0.4, -0.2) is 0 Å². The third-order valence-electron chi connectivity index (χ3n) is 4.63. The summed E-state index contributed by atoms with van der Waals surface area (Å²) in [6, 6.07) is 14.5. The van der Waals surface area contributed by atoms with Crippen molar-refractivity contribution in [3.63, 3.8) is 0 Å². The highest BCUT2D eigenvalue weighted by atomic mass is 32.2. The number of aryl methyl sites for hydroxylation is 1. The molecule has 0 saturated heterocycles. The van der Waals surface area contributed by atoms with Crippen LogP contribution in [0.1, 0.15) is 48.4 Å². The zero-order valence-corrected chi connectivity index (χ0v) is 15.5. The molecule has 0 aromatic heterocycles. The third-order valence-corrected chi connectivity index (χ3v) is 5.21. The predicted molar refractivity (Wildman–Crippen MR) is 106 cm³/mol. The van der Waals surface area contributed by atoms with Gasteiger partial charge in [0.25, 0.3) is 0 Å². The zero-order chi connectivity index (χ0) is 17.6. The van der Waals surface area contributed by atoms with Crippen molar-refractivity contribution in [3.05, 3.63) is 70.8 Å². The molecule has 2 aromatic rings. The molecule has 25 heavy (non-hydrogen) atoms. The largest absolute Gasteiger partial charge is 0.185 e. The lowest BCUT2D eigenvalue weighted by Gasteiger charge is -2.18. The van der Waals surface area contributed by atoms with E-state index in [1.807, 2.05) is 25.1 Å². The zero-order valence-electron chi connectivity index (χ0n) is 14.7. The maximum absolute atomic E-state index is 8.74. The maximum atomic E-state index is 8.74. The summed E-state index contributed by atoms with van der Waals surface area (Å²) in [5.74, 6) is 7.31. The molecule has 0 radical (unpaired) electrons. The van der Waals surface area contributed by atoms with Gasteiger partial charge >= 0.3 is 0 Å². The molecule has 1 unspecified atom stereocenters. The fraction of sp³-hybridized carbons (Fsp3) is 0.261. The van der Waals surface area contributed by atoms with Crippen molar-refractivity contribution in [2.75, 3.05) is 0 Å². The molecule has 0 bridgehead atoms. The monoisotopic (exact) mass is 343 g/mol. The molecule has 0 heterocycles. The first-order valence-electron chi connectivity index (χ1n) is 8.64. The van der Waals surface area contributed by atoms with Crippen LogP contribution in [0.3, 0.4) is 0 Å². The van der Waals surface area contributed by atoms with Crippen LogP contribution >= 0.6 is 11.8 Å². The van der Waals surface area contributed by atoms with Gasteiger partial charge in [-0.15, -0.1) is 0 Å². The Kier molecular flexibility index (Phi) is 5.64. The molecule has 3 rings (SSSR count). The van der Waals surface area contributed by atoms with E-state index in [2.05, 4.69) is 54.5 Å². The normalized spacial score (nSPS) is 16.4. The molecule has 0 amide bonds. The Bertz CT molecular complexity index is 888. The van der Waals surface area contributed by atoms with E-state index in [0.717, 1.165) is 27.5 Å². The van der Waals surface area contributed by atoms with Gasteiger partial charge in [0.05, 0.1) is 0 Å². The molecular weight excluding hydrogens is 322 g/mol. The van der Waals surface area contributed by atoms with Gasteiger partial charge in [0.2, 0.25) is 0 Å². The first kappa shape index (κ1) is 17.4. The third kappa shape index (κ3) is 4.56. The van der Waals surface area contributed by atoms with Gasteiger partial charge in [-0.1, -0.05) is 37.0 Å². The number of benzene rings is 2. The minimum atomic E-state index is 0.815. The highest BCUT2D eigenvalue weighted by Crippen LogP contribution is 2.29. The number of nitriles is 1. The standard InChI is InChI=1S/C23H21NS/c1-17-3-8-21(9-4-17)22-11-6-19(7-12-22)5-10-20-13-14-23(25-16-24)15-18(20)2/h6-8,11-15,17H,3-4,9H2,1-2H3. The van der Waals surface area contributed by atoms with E-state index in [-0.39, 0.29) is 0 Å². The lowest BCUT2D eigenvalue weighted by atomic mass is 9.87. The summed E-state index contributed by atoms with van der Waals surface area (Å²) in [7, 11) is 0. The highest BCUT2D eigenvalue weighted by molar-refractivity contribution is 8.03. The molecule has 0 saturated carbocycles. The first-order valence-corrected chi connectivity index (χ1v) is 9.45. The van der Waals surface area contributed by atoms with Crippen LogP contribution in [-0.2, 0) is 0 Å². The van der Waals surface area contributed by atoms with Gasteiger partial charge in [0.15, 0.2) is 0 Å². The Morgan fingerprint density at radius 3 is 2.52 bits per heavy atom. The summed E-state index contributed by atoms with van der Waals surface area (Å²) in [4.78, 5) is 0.963. The van der Waals surface area contributed by atoms with E-state index in [1.165, 1.54) is 42.2 Å². The molecule has 1 aliphatic carbocycles. The van der Waals surface area contributed by atoms with Gasteiger partial charge in [-0.2, -0.15) is 5.26 Å². The van der Waals surface area contributed by atoms with Crippen molar-refractivity contribution in [3.8, 4) is 17.2 Å². The van der Waals surface area contributed by atoms with E-state index < -0.39 is 0 Å². The van der Waals surface area contributed by atoms with Crippen LogP contribution in [0.2, 0.25) is 0 Å². The van der Waals surface area contributed by atoms with Gasteiger partial charge in [-0.3, -0.25) is 0 Å². The van der Waals surface area contributed by atoms with Crippen molar-refractivity contribution in [2.24, 2.45) is 5.92 Å². The number of thioether (sulfide) groups is 1. The van der Waals surface area contributed by atoms with Crippen molar-refractivity contribution < 1.29 is 0 Å². The van der Waals surface area contributed by atoms with Crippen molar-refractivity contribution in [1.82, 2.24) is 0 Å².